The average Bonchev–Trinajstić information content (AvgIpc) is 2.76. The van der Waals surface area contributed by atoms with Crippen molar-refractivity contribution in [3.63, 3.8) is 0 Å². The van der Waals surface area contributed by atoms with E-state index in [1.54, 1.807) is 6.92 Å². The third kappa shape index (κ3) is 5.16. The number of nitrogens with one attached hydrogen (secondary N) is 1. The Balaban J connectivity index is 1.79. The molecule has 0 aromatic heterocycles. The summed E-state index contributed by atoms with van der Waals surface area (Å²) in [6.45, 7) is 12.5. The number of benzene rings is 1. The molecular weight excluding hydrogens is 438 g/mol. The summed E-state index contributed by atoms with van der Waals surface area (Å²) in [5.41, 5.74) is 2.43. The van der Waals surface area contributed by atoms with Crippen molar-refractivity contribution in [2.24, 2.45) is 17.3 Å². The summed E-state index contributed by atoms with van der Waals surface area (Å²) in [5.74, 6) is 1.44. The van der Waals surface area contributed by atoms with Gasteiger partial charge in [0, 0.05) is 11.6 Å². The number of aldehydes is 1. The van der Waals surface area contributed by atoms with E-state index in [9.17, 15) is 9.90 Å². The molecule has 2 N–H and O–H groups in total. The molecule has 5 nitrogen and oxygen atoms in total. The van der Waals surface area contributed by atoms with Crippen LogP contribution in [0.1, 0.15) is 62.0 Å². The standard InChI is InChI=1S/C27H38ClNO4/c1-16(7-9-21-25(31)22(13-30)18(3)24(28)26(21)32-6)11-12-27(5)17(2)8-10-23(19(27)4)29-20-14-33-15-20/h7,11-13,17,19-20,23,29,31H,8-10,14-15H2,1-6H3/b12-11+,16-7+/t17-,19+,23?,27+/m1/s1. The van der Waals surface area contributed by atoms with Gasteiger partial charge >= 0.3 is 0 Å². The van der Waals surface area contributed by atoms with E-state index in [0.29, 0.717) is 58.5 Å². The SMILES string of the molecule is COc1c(Cl)c(C)c(C=O)c(O)c1C/C=C(C)/C=C/[C@@]1(C)[C@H](C)CCC(NC2COC2)[C@@H]1C. The monoisotopic (exact) mass is 475 g/mol. The van der Waals surface area contributed by atoms with Crippen LogP contribution in [0, 0.1) is 24.2 Å². The van der Waals surface area contributed by atoms with E-state index in [1.807, 2.05) is 6.08 Å². The number of phenols is 1. The predicted molar refractivity (Wildman–Crippen MR) is 134 cm³/mol. The van der Waals surface area contributed by atoms with Crippen LogP contribution in [-0.2, 0) is 11.2 Å². The van der Waals surface area contributed by atoms with Crippen molar-refractivity contribution >= 4 is 17.9 Å². The van der Waals surface area contributed by atoms with Gasteiger partial charge in [0.15, 0.2) is 6.29 Å². The van der Waals surface area contributed by atoms with Crippen molar-refractivity contribution in [1.29, 1.82) is 0 Å². The van der Waals surface area contributed by atoms with Crippen LogP contribution in [0.15, 0.2) is 23.8 Å². The Bertz CT molecular complexity index is 937. The maximum atomic E-state index is 11.5. The van der Waals surface area contributed by atoms with Gasteiger partial charge in [-0.1, -0.05) is 56.2 Å². The Morgan fingerprint density at radius 2 is 2.03 bits per heavy atom. The highest BCUT2D eigenvalue weighted by Gasteiger charge is 2.43. The highest BCUT2D eigenvalue weighted by Crippen LogP contribution is 2.47. The number of halogens is 1. The molecule has 1 heterocycles. The lowest BCUT2D eigenvalue weighted by Crippen LogP contribution is -2.56. The fourth-order valence-electron chi connectivity index (χ4n) is 5.11. The summed E-state index contributed by atoms with van der Waals surface area (Å²) < 4.78 is 10.8. The summed E-state index contributed by atoms with van der Waals surface area (Å²) in [6.07, 6.45) is 10.0. The molecule has 0 bridgehead atoms. The number of hydrogen-bond donors (Lipinski definition) is 2. The van der Waals surface area contributed by atoms with Gasteiger partial charge < -0.3 is 19.9 Å². The molecule has 1 aliphatic heterocycles. The summed E-state index contributed by atoms with van der Waals surface area (Å²) in [4.78, 5) is 11.5. The van der Waals surface area contributed by atoms with Gasteiger partial charge in [0.05, 0.1) is 37.0 Å². The number of methoxy groups -OCH3 is 1. The molecule has 182 valence electrons. The van der Waals surface area contributed by atoms with E-state index in [1.165, 1.54) is 20.0 Å². The molecule has 1 aromatic carbocycles. The van der Waals surface area contributed by atoms with Gasteiger partial charge in [0.1, 0.15) is 11.5 Å². The van der Waals surface area contributed by atoms with Crippen molar-refractivity contribution in [1.82, 2.24) is 5.32 Å². The summed E-state index contributed by atoms with van der Waals surface area (Å²) in [7, 11) is 1.52. The first kappa shape index (κ1) is 25.8. The van der Waals surface area contributed by atoms with Crippen LogP contribution in [0.25, 0.3) is 0 Å². The third-order valence-electron chi connectivity index (χ3n) is 8.05. The number of carbonyl (C=O) groups is 1. The van der Waals surface area contributed by atoms with Crippen LogP contribution in [0.2, 0.25) is 5.02 Å². The van der Waals surface area contributed by atoms with Crippen LogP contribution >= 0.6 is 11.6 Å². The van der Waals surface area contributed by atoms with E-state index in [-0.39, 0.29) is 16.7 Å². The number of rotatable bonds is 8. The molecule has 1 saturated heterocycles. The minimum absolute atomic E-state index is 0.0628. The van der Waals surface area contributed by atoms with Gasteiger partial charge in [-0.15, -0.1) is 0 Å². The first-order valence-electron chi connectivity index (χ1n) is 11.9. The predicted octanol–water partition coefficient (Wildman–Crippen LogP) is 5.65. The van der Waals surface area contributed by atoms with Gasteiger partial charge in [0.25, 0.3) is 0 Å². The Morgan fingerprint density at radius 3 is 2.61 bits per heavy atom. The normalized spacial score (nSPS) is 28.7. The number of allylic oxidation sites excluding steroid dienone is 4. The van der Waals surface area contributed by atoms with E-state index in [0.717, 1.165) is 18.8 Å². The Labute approximate surface area is 203 Å². The molecule has 33 heavy (non-hydrogen) atoms. The fraction of sp³-hybridized carbons (Fsp3) is 0.593. The lowest BCUT2D eigenvalue weighted by molar-refractivity contribution is -0.0258. The quantitative estimate of drug-likeness (QED) is 0.375. The highest BCUT2D eigenvalue weighted by molar-refractivity contribution is 6.33. The minimum atomic E-state index is -0.0628. The molecule has 4 atom stereocenters. The lowest BCUT2D eigenvalue weighted by atomic mass is 9.60. The average molecular weight is 476 g/mol. The fourth-order valence-corrected chi connectivity index (χ4v) is 5.40. The second kappa shape index (κ2) is 10.6. The van der Waals surface area contributed by atoms with Crippen LogP contribution in [-0.4, -0.2) is 43.8 Å². The molecule has 6 heteroatoms. The van der Waals surface area contributed by atoms with Crippen LogP contribution in [0.3, 0.4) is 0 Å². The minimum Gasteiger partial charge on any atom is -0.507 e. The van der Waals surface area contributed by atoms with E-state index < -0.39 is 0 Å². The molecule has 1 unspecified atom stereocenters. The van der Waals surface area contributed by atoms with E-state index in [2.05, 4.69) is 45.2 Å². The molecule has 0 radical (unpaired) electrons. The topological polar surface area (TPSA) is 67.8 Å². The Morgan fingerprint density at radius 1 is 1.33 bits per heavy atom. The smallest absolute Gasteiger partial charge is 0.154 e. The molecule has 1 saturated carbocycles. The second-order valence-corrected chi connectivity index (χ2v) is 10.3. The molecule has 1 aliphatic carbocycles. The molecule has 3 rings (SSSR count). The highest BCUT2D eigenvalue weighted by atomic mass is 35.5. The molecule has 2 aliphatic rings. The van der Waals surface area contributed by atoms with Crippen molar-refractivity contribution < 1.29 is 19.4 Å². The largest absolute Gasteiger partial charge is 0.507 e. The number of ether oxygens (including phenoxy) is 2. The zero-order valence-electron chi connectivity index (χ0n) is 20.7. The molecular formula is C27H38ClNO4. The summed E-state index contributed by atoms with van der Waals surface area (Å²) in [6, 6.07) is 0.979. The first-order valence-corrected chi connectivity index (χ1v) is 12.2. The zero-order chi connectivity index (χ0) is 24.3. The van der Waals surface area contributed by atoms with Gasteiger partial charge in [-0.25, -0.2) is 0 Å². The number of carbonyl (C=O) groups excluding carboxylic acids is 1. The van der Waals surface area contributed by atoms with Crippen LogP contribution < -0.4 is 10.1 Å². The molecule has 1 aromatic rings. The van der Waals surface area contributed by atoms with Gasteiger partial charge in [-0.05, 0) is 55.9 Å². The van der Waals surface area contributed by atoms with Crippen molar-refractivity contribution in [2.75, 3.05) is 20.3 Å². The molecule has 0 spiro atoms. The molecule has 2 fully saturated rings. The maximum absolute atomic E-state index is 11.5. The Hall–Kier alpha value is -1.82. The first-order chi connectivity index (χ1) is 15.6. The molecule has 0 amide bonds. The zero-order valence-corrected chi connectivity index (χ0v) is 21.5. The van der Waals surface area contributed by atoms with E-state index in [4.69, 9.17) is 21.1 Å². The second-order valence-electron chi connectivity index (χ2n) is 9.96. The maximum Gasteiger partial charge on any atom is 0.154 e. The van der Waals surface area contributed by atoms with Crippen molar-refractivity contribution in [3.05, 3.63) is 45.5 Å². The Kier molecular flexibility index (Phi) is 8.31. The van der Waals surface area contributed by atoms with E-state index >= 15 is 0 Å². The number of hydrogen-bond acceptors (Lipinski definition) is 5. The lowest BCUT2D eigenvalue weighted by Gasteiger charge is -2.49. The van der Waals surface area contributed by atoms with Gasteiger partial charge in [-0.2, -0.15) is 0 Å². The van der Waals surface area contributed by atoms with Crippen LogP contribution in [0.4, 0.5) is 0 Å². The number of phenolic OH excluding ortho intramolecular Hbond substituents is 1. The summed E-state index contributed by atoms with van der Waals surface area (Å²) in [5, 5.41) is 14.8. The summed E-state index contributed by atoms with van der Waals surface area (Å²) >= 11 is 6.40. The van der Waals surface area contributed by atoms with Crippen molar-refractivity contribution in [2.45, 2.75) is 66.0 Å². The van der Waals surface area contributed by atoms with Gasteiger partial charge in [-0.3, -0.25) is 4.79 Å². The van der Waals surface area contributed by atoms with Gasteiger partial charge in [0.2, 0.25) is 0 Å². The van der Waals surface area contributed by atoms with Crippen molar-refractivity contribution in [3.8, 4) is 11.5 Å². The van der Waals surface area contributed by atoms with Crippen LogP contribution in [0.5, 0.6) is 11.5 Å². The third-order valence-corrected chi connectivity index (χ3v) is 8.50. The number of aromatic hydroxyl groups is 1.